The Labute approximate surface area is 154 Å². The first-order valence-electron chi connectivity index (χ1n) is 9.53. The van der Waals surface area contributed by atoms with Gasteiger partial charge in [0, 0.05) is 17.9 Å². The lowest BCUT2D eigenvalue weighted by molar-refractivity contribution is -0.144. The third kappa shape index (κ3) is 6.12. The lowest BCUT2D eigenvalue weighted by Crippen LogP contribution is -2.48. The first kappa shape index (κ1) is 20.4. The molecule has 26 heavy (non-hydrogen) atoms. The summed E-state index contributed by atoms with van der Waals surface area (Å²) in [7, 11) is 0. The van der Waals surface area contributed by atoms with Crippen LogP contribution in [-0.4, -0.2) is 48.2 Å². The lowest BCUT2D eigenvalue weighted by atomic mass is 9.85. The largest absolute Gasteiger partial charge is 0.480 e. The Hall–Kier alpha value is -1.89. The molecular formula is C19H30N2O5. The average Bonchev–Trinajstić information content (AvgIpc) is 3.16. The number of amides is 2. The summed E-state index contributed by atoms with van der Waals surface area (Å²) in [6.07, 6.45) is 8.56. The van der Waals surface area contributed by atoms with E-state index in [1.54, 1.807) is 0 Å². The molecule has 0 radical (unpaired) electrons. The molecule has 0 spiro atoms. The molecule has 0 aliphatic heterocycles. The van der Waals surface area contributed by atoms with E-state index in [0.29, 0.717) is 12.8 Å². The maximum Gasteiger partial charge on any atom is 0.328 e. The van der Waals surface area contributed by atoms with Gasteiger partial charge in [0.2, 0.25) is 11.8 Å². The molecule has 146 valence electrons. The molecule has 0 heterocycles. The van der Waals surface area contributed by atoms with Gasteiger partial charge in [0.1, 0.15) is 0 Å². The Morgan fingerprint density at radius 1 is 1.04 bits per heavy atom. The number of carbonyl (C=O) groups is 3. The maximum atomic E-state index is 12.3. The molecule has 2 amide bonds. The van der Waals surface area contributed by atoms with E-state index in [0.717, 1.165) is 38.5 Å². The number of carboxylic acids is 1. The molecule has 0 aromatic heterocycles. The first-order chi connectivity index (χ1) is 12.5. The van der Waals surface area contributed by atoms with Gasteiger partial charge in [0.05, 0.1) is 13.2 Å². The van der Waals surface area contributed by atoms with Crippen molar-refractivity contribution >= 4 is 17.8 Å². The fraction of sp³-hybridized carbons (Fsp3) is 0.737. The number of ether oxygens (including phenoxy) is 1. The number of nitrogens with one attached hydrogen (secondary N) is 2. The van der Waals surface area contributed by atoms with Crippen LogP contribution >= 0.6 is 0 Å². The highest BCUT2D eigenvalue weighted by molar-refractivity contribution is 5.85. The lowest BCUT2D eigenvalue weighted by Gasteiger charge is -2.29. The van der Waals surface area contributed by atoms with Crippen molar-refractivity contribution in [2.45, 2.75) is 63.5 Å². The Balaban J connectivity index is 1.73. The van der Waals surface area contributed by atoms with Crippen LogP contribution in [0.4, 0.5) is 0 Å². The normalized spacial score (nSPS) is 24.6. The SMILES string of the molecule is C=CCOCC(NC(=O)C1CCC(NC(=O)C2CCCC2)CC1)C(=O)O. The summed E-state index contributed by atoms with van der Waals surface area (Å²) in [5, 5.41) is 14.9. The molecule has 2 aliphatic carbocycles. The number of carboxylic acid groups (broad SMARTS) is 1. The Bertz CT molecular complexity index is 508. The van der Waals surface area contributed by atoms with Crippen molar-refractivity contribution in [3.63, 3.8) is 0 Å². The third-order valence-corrected chi connectivity index (χ3v) is 5.31. The van der Waals surface area contributed by atoms with E-state index in [2.05, 4.69) is 17.2 Å². The quantitative estimate of drug-likeness (QED) is 0.425. The zero-order valence-electron chi connectivity index (χ0n) is 15.2. The van der Waals surface area contributed by atoms with Crippen LogP contribution in [-0.2, 0) is 19.1 Å². The van der Waals surface area contributed by atoms with E-state index in [9.17, 15) is 19.5 Å². The minimum atomic E-state index is -1.11. The molecule has 7 heteroatoms. The highest BCUT2D eigenvalue weighted by atomic mass is 16.5. The van der Waals surface area contributed by atoms with Crippen molar-refractivity contribution in [1.82, 2.24) is 10.6 Å². The van der Waals surface area contributed by atoms with Crippen LogP contribution in [0.25, 0.3) is 0 Å². The molecule has 2 rings (SSSR count). The summed E-state index contributed by atoms with van der Waals surface area (Å²) in [6, 6.07) is -0.930. The predicted octanol–water partition coefficient (Wildman–Crippen LogP) is 1.62. The molecule has 2 saturated carbocycles. The van der Waals surface area contributed by atoms with Crippen molar-refractivity contribution in [3.8, 4) is 0 Å². The Kier molecular flexibility index (Phi) is 8.09. The monoisotopic (exact) mass is 366 g/mol. The van der Waals surface area contributed by atoms with E-state index in [-0.39, 0.29) is 42.9 Å². The van der Waals surface area contributed by atoms with Crippen molar-refractivity contribution < 1.29 is 24.2 Å². The summed E-state index contributed by atoms with van der Waals surface area (Å²) < 4.78 is 5.14. The summed E-state index contributed by atoms with van der Waals surface area (Å²) in [6.45, 7) is 3.66. The second-order valence-corrected chi connectivity index (χ2v) is 7.26. The highest BCUT2D eigenvalue weighted by Gasteiger charge is 2.31. The highest BCUT2D eigenvalue weighted by Crippen LogP contribution is 2.27. The predicted molar refractivity (Wildman–Crippen MR) is 96.4 cm³/mol. The molecule has 2 aliphatic rings. The fourth-order valence-corrected chi connectivity index (χ4v) is 3.74. The standard InChI is InChI=1S/C19H30N2O5/c1-2-11-26-12-16(19(24)25)21-18(23)14-7-9-15(10-8-14)20-17(22)13-5-3-4-6-13/h2,13-16H,1,3-12H2,(H,20,22)(H,21,23)(H,24,25). The van der Waals surface area contributed by atoms with Crippen LogP contribution in [0, 0.1) is 11.8 Å². The molecule has 0 aromatic carbocycles. The van der Waals surface area contributed by atoms with E-state index in [1.165, 1.54) is 6.08 Å². The second kappa shape index (κ2) is 10.3. The number of aliphatic carboxylic acids is 1. The van der Waals surface area contributed by atoms with Crippen LogP contribution in [0.1, 0.15) is 51.4 Å². The second-order valence-electron chi connectivity index (χ2n) is 7.26. The molecule has 2 fully saturated rings. The average molecular weight is 366 g/mol. The van der Waals surface area contributed by atoms with E-state index < -0.39 is 12.0 Å². The molecule has 0 bridgehead atoms. The van der Waals surface area contributed by atoms with Crippen molar-refractivity contribution in [3.05, 3.63) is 12.7 Å². The van der Waals surface area contributed by atoms with E-state index in [4.69, 9.17) is 4.74 Å². The molecule has 1 unspecified atom stereocenters. The topological polar surface area (TPSA) is 105 Å². The van der Waals surface area contributed by atoms with Gasteiger partial charge in [-0.15, -0.1) is 6.58 Å². The summed E-state index contributed by atoms with van der Waals surface area (Å²) in [4.78, 5) is 35.8. The number of carbonyl (C=O) groups excluding carboxylic acids is 2. The number of hydrogen-bond acceptors (Lipinski definition) is 4. The smallest absolute Gasteiger partial charge is 0.328 e. The van der Waals surface area contributed by atoms with Gasteiger partial charge >= 0.3 is 5.97 Å². The Morgan fingerprint density at radius 2 is 1.65 bits per heavy atom. The Morgan fingerprint density at radius 3 is 2.23 bits per heavy atom. The minimum Gasteiger partial charge on any atom is -0.480 e. The fourth-order valence-electron chi connectivity index (χ4n) is 3.74. The zero-order chi connectivity index (χ0) is 18.9. The molecule has 1 atom stereocenters. The molecule has 0 aromatic rings. The summed E-state index contributed by atoms with van der Waals surface area (Å²) in [5.74, 6) is -1.26. The van der Waals surface area contributed by atoms with Crippen LogP contribution in [0.15, 0.2) is 12.7 Å². The van der Waals surface area contributed by atoms with Crippen LogP contribution < -0.4 is 10.6 Å². The van der Waals surface area contributed by atoms with Gasteiger partial charge in [-0.3, -0.25) is 9.59 Å². The van der Waals surface area contributed by atoms with Crippen LogP contribution in [0.2, 0.25) is 0 Å². The molecular weight excluding hydrogens is 336 g/mol. The van der Waals surface area contributed by atoms with Crippen LogP contribution in [0.3, 0.4) is 0 Å². The van der Waals surface area contributed by atoms with E-state index in [1.807, 2.05) is 0 Å². The zero-order valence-corrected chi connectivity index (χ0v) is 15.2. The van der Waals surface area contributed by atoms with Gasteiger partial charge in [0.25, 0.3) is 0 Å². The van der Waals surface area contributed by atoms with Gasteiger partial charge in [-0.05, 0) is 38.5 Å². The summed E-state index contributed by atoms with van der Waals surface area (Å²) >= 11 is 0. The van der Waals surface area contributed by atoms with Crippen molar-refractivity contribution in [1.29, 1.82) is 0 Å². The van der Waals surface area contributed by atoms with Crippen LogP contribution in [0.5, 0.6) is 0 Å². The first-order valence-corrected chi connectivity index (χ1v) is 9.53. The van der Waals surface area contributed by atoms with Crippen molar-refractivity contribution in [2.24, 2.45) is 11.8 Å². The number of hydrogen-bond donors (Lipinski definition) is 3. The van der Waals surface area contributed by atoms with Gasteiger partial charge in [-0.2, -0.15) is 0 Å². The van der Waals surface area contributed by atoms with Gasteiger partial charge < -0.3 is 20.5 Å². The molecule has 7 nitrogen and oxygen atoms in total. The molecule has 3 N–H and O–H groups in total. The molecule has 0 saturated heterocycles. The minimum absolute atomic E-state index is 0.0834. The van der Waals surface area contributed by atoms with Gasteiger partial charge in [-0.1, -0.05) is 18.9 Å². The van der Waals surface area contributed by atoms with Gasteiger partial charge in [0.15, 0.2) is 6.04 Å². The van der Waals surface area contributed by atoms with E-state index >= 15 is 0 Å². The number of rotatable bonds is 9. The third-order valence-electron chi connectivity index (χ3n) is 5.31. The van der Waals surface area contributed by atoms with Crippen molar-refractivity contribution in [2.75, 3.05) is 13.2 Å². The summed E-state index contributed by atoms with van der Waals surface area (Å²) in [5.41, 5.74) is 0. The van der Waals surface area contributed by atoms with Gasteiger partial charge in [-0.25, -0.2) is 4.79 Å². The maximum absolute atomic E-state index is 12.3.